The second kappa shape index (κ2) is 62.5. The maximum absolute atomic E-state index is 13.3. The van der Waals surface area contributed by atoms with Crippen LogP contribution in [0.4, 0.5) is 0 Å². The molecule has 11 nitrogen and oxygen atoms in total. The maximum atomic E-state index is 13.3. The molecule has 0 aliphatic carbocycles. The van der Waals surface area contributed by atoms with Gasteiger partial charge in [-0.15, -0.1) is 0 Å². The summed E-state index contributed by atoms with van der Waals surface area (Å²) >= 11 is 0. The van der Waals surface area contributed by atoms with Gasteiger partial charge in [0.1, 0.15) is 36.6 Å². The highest BCUT2D eigenvalue weighted by Crippen LogP contribution is 2.24. The first-order valence-electron chi connectivity index (χ1n) is 36.9. The van der Waals surface area contributed by atoms with Gasteiger partial charge in [-0.05, 0) is 64.2 Å². The molecule has 0 spiro atoms. The molecule has 0 bridgehead atoms. The van der Waals surface area contributed by atoms with Crippen molar-refractivity contribution in [2.45, 2.75) is 416 Å². The highest BCUT2D eigenvalue weighted by molar-refractivity contribution is 5.80. The molecule has 502 valence electrons. The van der Waals surface area contributed by atoms with Crippen molar-refractivity contribution in [1.29, 1.82) is 0 Å². The van der Waals surface area contributed by atoms with Crippen molar-refractivity contribution < 1.29 is 50.0 Å². The Hall–Kier alpha value is -1.67. The van der Waals surface area contributed by atoms with Crippen molar-refractivity contribution in [3.8, 4) is 0 Å². The van der Waals surface area contributed by atoms with E-state index in [1.807, 2.05) is 0 Å². The van der Waals surface area contributed by atoms with Crippen LogP contribution in [0.1, 0.15) is 361 Å². The Morgan fingerprint density at radius 3 is 1.05 bits per heavy atom. The largest absolute Gasteiger partial charge is 0.394 e. The first kappa shape index (κ1) is 81.3. The second-order valence-corrected chi connectivity index (χ2v) is 26.0. The van der Waals surface area contributed by atoms with Crippen LogP contribution in [-0.4, -0.2) is 110 Å². The van der Waals surface area contributed by atoms with Crippen molar-refractivity contribution in [1.82, 2.24) is 5.32 Å². The molecule has 1 heterocycles. The summed E-state index contributed by atoms with van der Waals surface area (Å²) in [6.07, 6.45) is 69.6. The van der Waals surface area contributed by atoms with E-state index in [0.29, 0.717) is 19.3 Å². The van der Waals surface area contributed by atoms with Crippen LogP contribution in [0.15, 0.2) is 36.5 Å². The monoisotopic (exact) mass is 1200 g/mol. The van der Waals surface area contributed by atoms with Gasteiger partial charge in [-0.1, -0.05) is 333 Å². The van der Waals surface area contributed by atoms with Crippen LogP contribution in [0.25, 0.3) is 0 Å². The predicted octanol–water partition coefficient (Wildman–Crippen LogP) is 18.1. The molecule has 0 aromatic carbocycles. The molecule has 1 fully saturated rings. The summed E-state index contributed by atoms with van der Waals surface area (Å²) in [5.41, 5.74) is 0. The van der Waals surface area contributed by atoms with Crippen molar-refractivity contribution in [3.05, 3.63) is 36.5 Å². The average Bonchev–Trinajstić information content (AvgIpc) is 3.64. The van der Waals surface area contributed by atoms with E-state index in [1.165, 1.54) is 270 Å². The van der Waals surface area contributed by atoms with E-state index in [-0.39, 0.29) is 12.8 Å². The van der Waals surface area contributed by atoms with Crippen molar-refractivity contribution in [2.24, 2.45) is 0 Å². The van der Waals surface area contributed by atoms with Crippen LogP contribution < -0.4 is 5.32 Å². The number of carbonyl (C=O) groups is 1. The van der Waals surface area contributed by atoms with Gasteiger partial charge in [0.25, 0.3) is 0 Å². The molecule has 0 aromatic heterocycles. The summed E-state index contributed by atoms with van der Waals surface area (Å²) < 4.78 is 11.2. The quantitative estimate of drug-likeness (QED) is 0.0215. The first-order chi connectivity index (χ1) is 41.7. The van der Waals surface area contributed by atoms with E-state index >= 15 is 0 Å². The van der Waals surface area contributed by atoms with E-state index < -0.39 is 74.2 Å². The number of nitrogens with one attached hydrogen (secondary N) is 1. The molecule has 0 radical (unpaired) electrons. The van der Waals surface area contributed by atoms with E-state index in [4.69, 9.17) is 9.47 Å². The SMILES string of the molecule is CCCCCCCCCCCCCCC/C=C/CC/C=C/CC/C=C/CCCC(O)C(O)C(COC1OC(CO)C(O)C(O)C1O)NC(=O)C(O)CCCCCCCCCCCCCCCCCCCCCCCCCCCCCCCCCC. The molecule has 0 saturated carbocycles. The first-order valence-corrected chi connectivity index (χ1v) is 36.9. The summed E-state index contributed by atoms with van der Waals surface area (Å²) in [6, 6.07) is -1.19. The number of carbonyl (C=O) groups excluding carboxylic acids is 1. The molecule has 0 aromatic rings. The lowest BCUT2D eigenvalue weighted by Gasteiger charge is -2.40. The van der Waals surface area contributed by atoms with Gasteiger partial charge in [-0.25, -0.2) is 0 Å². The molecule has 9 unspecified atom stereocenters. The Labute approximate surface area is 524 Å². The summed E-state index contributed by atoms with van der Waals surface area (Å²) in [5, 5.41) is 76.5. The minimum absolute atomic E-state index is 0.243. The predicted molar refractivity (Wildman–Crippen MR) is 358 cm³/mol. The van der Waals surface area contributed by atoms with E-state index in [2.05, 4.69) is 55.6 Å². The molecule has 1 aliphatic heterocycles. The van der Waals surface area contributed by atoms with Gasteiger partial charge in [0.05, 0.1) is 25.4 Å². The Morgan fingerprint density at radius 1 is 0.400 bits per heavy atom. The number of hydrogen-bond donors (Lipinski definition) is 8. The third kappa shape index (κ3) is 49.8. The van der Waals surface area contributed by atoms with Crippen LogP contribution in [-0.2, 0) is 14.3 Å². The summed E-state index contributed by atoms with van der Waals surface area (Å²) in [7, 11) is 0. The number of ether oxygens (including phenoxy) is 2. The average molecular weight is 1200 g/mol. The molecular formula is C74H141NO10. The standard InChI is InChI=1S/C74H141NO10/c1-3-5-7-9-11-13-15-17-19-21-23-25-27-29-31-32-33-34-35-36-38-40-42-44-46-48-50-52-54-56-58-60-62-67(78)73(83)75-65(64-84-74-72(82)71(81)70(80)68(63-76)85-74)69(79)66(77)61-59-57-55-53-51-49-47-45-43-41-39-37-30-28-26-24-22-20-18-16-14-12-10-8-6-4-2/h37,39,45,47,53,55,65-72,74,76-82H,3-36,38,40-44,46,48-52,54,56-64H2,1-2H3,(H,75,83)/b39-37+,47-45+,55-53+. The lowest BCUT2D eigenvalue weighted by Crippen LogP contribution is -2.60. The zero-order chi connectivity index (χ0) is 61.7. The molecule has 8 N–H and O–H groups in total. The fraction of sp³-hybridized carbons (Fsp3) is 0.905. The Kier molecular flexibility index (Phi) is 59.8. The molecule has 1 aliphatic rings. The van der Waals surface area contributed by atoms with Crippen molar-refractivity contribution in [2.75, 3.05) is 13.2 Å². The highest BCUT2D eigenvalue weighted by atomic mass is 16.7. The van der Waals surface area contributed by atoms with Gasteiger partial charge >= 0.3 is 0 Å². The van der Waals surface area contributed by atoms with Crippen LogP contribution in [0.3, 0.4) is 0 Å². The zero-order valence-electron chi connectivity index (χ0n) is 55.6. The minimum Gasteiger partial charge on any atom is -0.394 e. The zero-order valence-corrected chi connectivity index (χ0v) is 55.6. The van der Waals surface area contributed by atoms with Gasteiger partial charge < -0.3 is 50.5 Å². The van der Waals surface area contributed by atoms with Crippen LogP contribution in [0, 0.1) is 0 Å². The molecule has 9 atom stereocenters. The Bertz CT molecular complexity index is 1480. The summed E-state index contributed by atoms with van der Waals surface area (Å²) in [4.78, 5) is 13.3. The normalized spacial score (nSPS) is 19.0. The maximum Gasteiger partial charge on any atom is 0.249 e. The lowest BCUT2D eigenvalue weighted by atomic mass is 9.98. The fourth-order valence-electron chi connectivity index (χ4n) is 12.0. The van der Waals surface area contributed by atoms with Gasteiger partial charge in [0.2, 0.25) is 5.91 Å². The van der Waals surface area contributed by atoms with Gasteiger partial charge in [-0.3, -0.25) is 4.79 Å². The molecule has 1 rings (SSSR count). The fourth-order valence-corrected chi connectivity index (χ4v) is 12.0. The van der Waals surface area contributed by atoms with Crippen LogP contribution >= 0.6 is 0 Å². The number of hydrogen-bond acceptors (Lipinski definition) is 10. The third-order valence-corrected chi connectivity index (χ3v) is 17.9. The third-order valence-electron chi connectivity index (χ3n) is 17.9. The number of aliphatic hydroxyl groups is 7. The van der Waals surface area contributed by atoms with E-state index in [1.54, 1.807) is 0 Å². The topological polar surface area (TPSA) is 189 Å². The van der Waals surface area contributed by atoms with Crippen molar-refractivity contribution in [3.63, 3.8) is 0 Å². The van der Waals surface area contributed by atoms with Crippen LogP contribution in [0.5, 0.6) is 0 Å². The second-order valence-electron chi connectivity index (χ2n) is 26.0. The lowest BCUT2D eigenvalue weighted by molar-refractivity contribution is -0.303. The van der Waals surface area contributed by atoms with Crippen molar-refractivity contribution >= 4 is 5.91 Å². The van der Waals surface area contributed by atoms with Gasteiger partial charge in [-0.2, -0.15) is 0 Å². The number of unbranched alkanes of at least 4 members (excludes halogenated alkanes) is 47. The van der Waals surface area contributed by atoms with E-state index in [9.17, 15) is 40.5 Å². The molecule has 1 amide bonds. The molecule has 1 saturated heterocycles. The van der Waals surface area contributed by atoms with E-state index in [0.717, 1.165) is 44.9 Å². The molecule has 85 heavy (non-hydrogen) atoms. The molecular weight excluding hydrogens is 1060 g/mol. The summed E-state index contributed by atoms with van der Waals surface area (Å²) in [5.74, 6) is -0.705. The van der Waals surface area contributed by atoms with Gasteiger partial charge in [0.15, 0.2) is 6.29 Å². The molecule has 11 heteroatoms. The summed E-state index contributed by atoms with van der Waals surface area (Å²) in [6.45, 7) is 3.49. The smallest absolute Gasteiger partial charge is 0.249 e. The Morgan fingerprint density at radius 2 is 0.706 bits per heavy atom. The Balaban J connectivity index is 2.20. The van der Waals surface area contributed by atoms with Gasteiger partial charge in [0, 0.05) is 0 Å². The minimum atomic E-state index is -1.67. The number of allylic oxidation sites excluding steroid dienone is 6. The highest BCUT2D eigenvalue weighted by Gasteiger charge is 2.44. The number of rotatable bonds is 65. The number of amides is 1. The number of aliphatic hydroxyl groups excluding tert-OH is 7. The van der Waals surface area contributed by atoms with Crippen LogP contribution in [0.2, 0.25) is 0 Å².